The Morgan fingerprint density at radius 1 is 1.35 bits per heavy atom. The van der Waals surface area contributed by atoms with Crippen LogP contribution in [0.25, 0.3) is 5.69 Å². The molecule has 1 N–H and O–H groups in total. The Balaban J connectivity index is 2.15. The van der Waals surface area contributed by atoms with Crippen LogP contribution in [0.3, 0.4) is 0 Å². The molecule has 3 aromatic heterocycles. The molecule has 0 aliphatic carbocycles. The van der Waals surface area contributed by atoms with Gasteiger partial charge in [-0.2, -0.15) is 15.3 Å². The molecule has 3 aromatic rings. The summed E-state index contributed by atoms with van der Waals surface area (Å²) in [5.41, 5.74) is 2.64. The molecule has 1 unspecified atom stereocenters. The molecular formula is C15H20N8O2S. The van der Waals surface area contributed by atoms with E-state index in [1.807, 2.05) is 25.5 Å². The highest BCUT2D eigenvalue weighted by Gasteiger charge is 2.27. The van der Waals surface area contributed by atoms with Gasteiger partial charge >= 0.3 is 5.69 Å². The Hall–Kier alpha value is -2.82. The second-order valence-corrected chi connectivity index (χ2v) is 6.44. The maximum Gasteiger partial charge on any atom is 0.312 e. The lowest BCUT2D eigenvalue weighted by Crippen LogP contribution is -2.16. The van der Waals surface area contributed by atoms with Crippen molar-refractivity contribution in [2.45, 2.75) is 47.2 Å². The van der Waals surface area contributed by atoms with E-state index in [2.05, 4.69) is 20.4 Å². The number of rotatable bonds is 5. The second-order valence-electron chi connectivity index (χ2n) is 6.05. The largest absolute Gasteiger partial charge is 0.312 e. The Morgan fingerprint density at radius 3 is 2.58 bits per heavy atom. The third-order valence-electron chi connectivity index (χ3n) is 4.53. The van der Waals surface area contributed by atoms with Crippen LogP contribution in [0.2, 0.25) is 0 Å². The number of aryl methyl sites for hydroxylation is 2. The number of aromatic nitrogens is 7. The molecule has 0 aliphatic heterocycles. The normalized spacial score (nSPS) is 12.5. The Kier molecular flexibility index (Phi) is 4.48. The van der Waals surface area contributed by atoms with Gasteiger partial charge in [0.05, 0.1) is 22.5 Å². The van der Waals surface area contributed by atoms with Gasteiger partial charge in [-0.1, -0.05) is 0 Å². The summed E-state index contributed by atoms with van der Waals surface area (Å²) in [6.45, 7) is 9.90. The van der Waals surface area contributed by atoms with Gasteiger partial charge in [-0.15, -0.1) is 0 Å². The number of hydrogen-bond acceptors (Lipinski definition) is 6. The van der Waals surface area contributed by atoms with Crippen molar-refractivity contribution in [3.63, 3.8) is 0 Å². The summed E-state index contributed by atoms with van der Waals surface area (Å²) in [5.74, 6) is 0.606. The van der Waals surface area contributed by atoms with Crippen molar-refractivity contribution in [2.24, 2.45) is 0 Å². The molecule has 0 radical (unpaired) electrons. The molecule has 0 saturated heterocycles. The van der Waals surface area contributed by atoms with Gasteiger partial charge in [0.15, 0.2) is 10.6 Å². The first-order valence-electron chi connectivity index (χ1n) is 8.18. The zero-order valence-electron chi connectivity index (χ0n) is 15.2. The van der Waals surface area contributed by atoms with Gasteiger partial charge < -0.3 is 0 Å². The minimum atomic E-state index is -0.409. The summed E-state index contributed by atoms with van der Waals surface area (Å²) in [7, 11) is 0. The van der Waals surface area contributed by atoms with E-state index in [0.717, 1.165) is 17.9 Å². The molecule has 0 saturated carbocycles. The number of nitrogens with zero attached hydrogens (tertiary/aromatic N) is 7. The van der Waals surface area contributed by atoms with Crippen LogP contribution in [0.1, 0.15) is 42.8 Å². The van der Waals surface area contributed by atoms with Crippen molar-refractivity contribution in [1.29, 1.82) is 0 Å². The zero-order chi connectivity index (χ0) is 19.2. The van der Waals surface area contributed by atoms with Crippen LogP contribution in [0.5, 0.6) is 0 Å². The Morgan fingerprint density at radius 2 is 2.04 bits per heavy atom. The number of H-pyrrole nitrogens is 1. The van der Waals surface area contributed by atoms with Crippen molar-refractivity contribution < 1.29 is 4.92 Å². The maximum absolute atomic E-state index is 11.3. The summed E-state index contributed by atoms with van der Waals surface area (Å²) < 4.78 is 5.71. The molecule has 138 valence electrons. The Labute approximate surface area is 154 Å². The summed E-state index contributed by atoms with van der Waals surface area (Å²) in [6.07, 6.45) is 1.74. The highest BCUT2D eigenvalue weighted by Crippen LogP contribution is 2.28. The second kappa shape index (κ2) is 6.48. The topological polar surface area (TPSA) is 112 Å². The lowest BCUT2D eigenvalue weighted by atomic mass is 10.2. The van der Waals surface area contributed by atoms with Crippen molar-refractivity contribution in [2.75, 3.05) is 0 Å². The molecule has 0 fully saturated rings. The monoisotopic (exact) mass is 376 g/mol. The van der Waals surface area contributed by atoms with Crippen LogP contribution in [0, 0.1) is 35.7 Å². The van der Waals surface area contributed by atoms with Crippen molar-refractivity contribution in [3.8, 4) is 5.69 Å². The molecule has 11 heteroatoms. The molecule has 0 bridgehead atoms. The molecule has 0 amide bonds. The minimum absolute atomic E-state index is 0.0208. The average molecular weight is 376 g/mol. The van der Waals surface area contributed by atoms with E-state index < -0.39 is 4.92 Å². The number of aromatic amines is 1. The predicted octanol–water partition coefficient (Wildman–Crippen LogP) is 2.79. The van der Waals surface area contributed by atoms with Gasteiger partial charge in [-0.25, -0.2) is 0 Å². The van der Waals surface area contributed by atoms with Gasteiger partial charge in [-0.05, 0) is 46.8 Å². The van der Waals surface area contributed by atoms with E-state index in [0.29, 0.717) is 22.0 Å². The van der Waals surface area contributed by atoms with Crippen molar-refractivity contribution in [3.05, 3.63) is 44.0 Å². The smallest absolute Gasteiger partial charge is 0.268 e. The van der Waals surface area contributed by atoms with Gasteiger partial charge in [-0.3, -0.25) is 29.1 Å². The summed E-state index contributed by atoms with van der Waals surface area (Å²) >= 11 is 5.40. The summed E-state index contributed by atoms with van der Waals surface area (Å²) in [4.78, 5) is 10.9. The van der Waals surface area contributed by atoms with Crippen molar-refractivity contribution in [1.82, 2.24) is 34.3 Å². The van der Waals surface area contributed by atoms with E-state index in [9.17, 15) is 10.1 Å². The quantitative estimate of drug-likeness (QED) is 0.416. The fourth-order valence-electron chi connectivity index (χ4n) is 3.20. The first-order chi connectivity index (χ1) is 12.3. The third kappa shape index (κ3) is 2.64. The van der Waals surface area contributed by atoms with Gasteiger partial charge in [0.25, 0.3) is 0 Å². The SMILES string of the molecule is CCn1ncc(-n2c(C(C)n3nc(C)c([N+](=O)[O-])c3C)n[nH]c2=S)c1C. The number of nitrogens with one attached hydrogen (secondary N) is 1. The number of nitro groups is 1. The van der Waals surface area contributed by atoms with E-state index in [1.165, 1.54) is 0 Å². The standard InChI is InChI=1S/C15H20N8O2S/c1-6-20-9(3)12(7-16-20)21-14(17-18-15(21)26)11(5)22-10(4)13(23(24)25)8(2)19-22/h7,11H,6H2,1-5H3,(H,18,26). The molecule has 0 aliphatic rings. The van der Waals surface area contributed by atoms with Gasteiger partial charge in [0.2, 0.25) is 0 Å². The molecule has 10 nitrogen and oxygen atoms in total. The highest BCUT2D eigenvalue weighted by atomic mass is 32.1. The highest BCUT2D eigenvalue weighted by molar-refractivity contribution is 7.71. The third-order valence-corrected chi connectivity index (χ3v) is 4.80. The Bertz CT molecular complexity index is 1040. The van der Waals surface area contributed by atoms with E-state index in [4.69, 9.17) is 12.2 Å². The molecule has 26 heavy (non-hydrogen) atoms. The molecule has 0 spiro atoms. The fourth-order valence-corrected chi connectivity index (χ4v) is 3.44. The van der Waals surface area contributed by atoms with Crippen LogP contribution in [0.15, 0.2) is 6.20 Å². The summed E-state index contributed by atoms with van der Waals surface area (Å²) in [6, 6.07) is -0.361. The first kappa shape index (κ1) is 18.0. The van der Waals surface area contributed by atoms with Crippen LogP contribution in [-0.4, -0.2) is 39.2 Å². The van der Waals surface area contributed by atoms with E-state index in [-0.39, 0.29) is 11.7 Å². The zero-order valence-corrected chi connectivity index (χ0v) is 16.0. The molecule has 1 atom stereocenters. The molecule has 3 rings (SSSR count). The van der Waals surface area contributed by atoms with Crippen LogP contribution < -0.4 is 0 Å². The van der Waals surface area contributed by atoms with Crippen LogP contribution in [-0.2, 0) is 6.54 Å². The molecule has 0 aromatic carbocycles. The lowest BCUT2D eigenvalue weighted by molar-refractivity contribution is -0.386. The predicted molar refractivity (Wildman–Crippen MR) is 97.1 cm³/mol. The maximum atomic E-state index is 11.3. The van der Waals surface area contributed by atoms with Gasteiger partial charge in [0.1, 0.15) is 17.4 Å². The van der Waals surface area contributed by atoms with Gasteiger partial charge in [0, 0.05) is 6.54 Å². The summed E-state index contributed by atoms with van der Waals surface area (Å²) in [5, 5.41) is 27.1. The minimum Gasteiger partial charge on any atom is -0.268 e. The lowest BCUT2D eigenvalue weighted by Gasteiger charge is -2.14. The first-order valence-corrected chi connectivity index (χ1v) is 8.58. The van der Waals surface area contributed by atoms with Crippen molar-refractivity contribution >= 4 is 17.9 Å². The van der Waals surface area contributed by atoms with Crippen LogP contribution in [0.4, 0.5) is 5.69 Å². The number of hydrogen-bond donors (Lipinski definition) is 1. The van der Waals surface area contributed by atoms with E-state index in [1.54, 1.807) is 29.3 Å². The van der Waals surface area contributed by atoms with E-state index >= 15 is 0 Å². The van der Waals surface area contributed by atoms with Crippen LogP contribution >= 0.6 is 12.2 Å². The average Bonchev–Trinajstić information content (AvgIpc) is 3.22. The molecule has 3 heterocycles. The fraction of sp³-hybridized carbons (Fsp3) is 0.467. The molecular weight excluding hydrogens is 356 g/mol.